The van der Waals surface area contributed by atoms with Gasteiger partial charge in [0.1, 0.15) is 0 Å². The van der Waals surface area contributed by atoms with E-state index in [0.717, 1.165) is 12.0 Å². The van der Waals surface area contributed by atoms with Crippen molar-refractivity contribution in [3.8, 4) is 0 Å². The maximum atomic E-state index is 12.6. The fourth-order valence-corrected chi connectivity index (χ4v) is 4.10. The van der Waals surface area contributed by atoms with Crippen molar-refractivity contribution in [3.05, 3.63) is 87.8 Å². The average molecular weight is 522 g/mol. The third kappa shape index (κ3) is 5.65. The smallest absolute Gasteiger partial charge is 0.291 e. The Morgan fingerprint density at radius 2 is 1.68 bits per heavy atom. The number of hydrazone groups is 1. The quantitative estimate of drug-likeness (QED) is 0.297. The summed E-state index contributed by atoms with van der Waals surface area (Å²) in [6, 6.07) is 19.1. The molecule has 2 amide bonds. The van der Waals surface area contributed by atoms with Gasteiger partial charge in [0.05, 0.1) is 5.71 Å². The van der Waals surface area contributed by atoms with Crippen LogP contribution in [0.5, 0.6) is 0 Å². The van der Waals surface area contributed by atoms with E-state index in [-0.39, 0.29) is 34.8 Å². The van der Waals surface area contributed by atoms with Crippen molar-refractivity contribution in [1.29, 1.82) is 0 Å². The highest BCUT2D eigenvalue weighted by molar-refractivity contribution is 9.10. The SMILES string of the molecule is CC(=NNC(=O)C1CC1c1ccc(C(C)(C)C)cc1)c1ccc(NC(=O)c2ccc(Br)o2)cc1. The zero-order chi connectivity index (χ0) is 24.5. The van der Waals surface area contributed by atoms with Gasteiger partial charge in [0, 0.05) is 11.6 Å². The van der Waals surface area contributed by atoms with Gasteiger partial charge >= 0.3 is 0 Å². The fourth-order valence-electron chi connectivity index (χ4n) is 3.79. The first-order chi connectivity index (χ1) is 16.1. The van der Waals surface area contributed by atoms with Crippen molar-refractivity contribution in [2.75, 3.05) is 5.32 Å². The van der Waals surface area contributed by atoms with Crippen LogP contribution in [0.4, 0.5) is 5.69 Å². The molecule has 4 rings (SSSR count). The molecule has 0 aliphatic heterocycles. The number of benzene rings is 2. The Kier molecular flexibility index (Phi) is 6.75. The van der Waals surface area contributed by atoms with Crippen molar-refractivity contribution < 1.29 is 14.0 Å². The van der Waals surface area contributed by atoms with Gasteiger partial charge in [-0.1, -0.05) is 57.2 Å². The Morgan fingerprint density at radius 1 is 1.00 bits per heavy atom. The molecule has 1 fully saturated rings. The summed E-state index contributed by atoms with van der Waals surface area (Å²) >= 11 is 3.18. The van der Waals surface area contributed by atoms with Gasteiger partial charge in [-0.05, 0) is 81.6 Å². The monoisotopic (exact) mass is 521 g/mol. The third-order valence-corrected chi connectivity index (χ3v) is 6.45. The summed E-state index contributed by atoms with van der Waals surface area (Å²) in [4.78, 5) is 24.8. The lowest BCUT2D eigenvalue weighted by atomic mass is 9.86. The first-order valence-corrected chi connectivity index (χ1v) is 12.0. The molecule has 1 aliphatic carbocycles. The highest BCUT2D eigenvalue weighted by atomic mass is 79.9. The zero-order valence-corrected chi connectivity index (χ0v) is 21.3. The largest absolute Gasteiger partial charge is 0.444 e. The second-order valence-electron chi connectivity index (χ2n) is 9.63. The molecule has 2 N–H and O–H groups in total. The van der Waals surface area contributed by atoms with E-state index in [0.29, 0.717) is 16.1 Å². The van der Waals surface area contributed by atoms with Crippen molar-refractivity contribution >= 4 is 39.1 Å². The van der Waals surface area contributed by atoms with Gasteiger partial charge in [-0.3, -0.25) is 9.59 Å². The van der Waals surface area contributed by atoms with Gasteiger partial charge in [-0.25, -0.2) is 5.43 Å². The van der Waals surface area contributed by atoms with E-state index in [4.69, 9.17) is 4.42 Å². The number of rotatable bonds is 6. The molecule has 1 saturated carbocycles. The van der Waals surface area contributed by atoms with Gasteiger partial charge in [-0.15, -0.1) is 0 Å². The second kappa shape index (κ2) is 9.58. The number of amides is 2. The van der Waals surface area contributed by atoms with Crippen LogP contribution in [0.2, 0.25) is 0 Å². The molecule has 0 radical (unpaired) electrons. The summed E-state index contributed by atoms with van der Waals surface area (Å²) in [6.45, 7) is 8.42. The molecule has 176 valence electrons. The van der Waals surface area contributed by atoms with E-state index in [9.17, 15) is 9.59 Å². The lowest BCUT2D eigenvalue weighted by Crippen LogP contribution is -2.21. The van der Waals surface area contributed by atoms with Crippen molar-refractivity contribution in [2.24, 2.45) is 11.0 Å². The van der Waals surface area contributed by atoms with Crippen molar-refractivity contribution in [1.82, 2.24) is 5.43 Å². The number of nitrogens with zero attached hydrogens (tertiary/aromatic N) is 1. The molecule has 1 heterocycles. The Labute approximate surface area is 208 Å². The molecular weight excluding hydrogens is 494 g/mol. The van der Waals surface area contributed by atoms with Crippen LogP contribution in [0.25, 0.3) is 0 Å². The van der Waals surface area contributed by atoms with E-state index < -0.39 is 0 Å². The van der Waals surface area contributed by atoms with Crippen LogP contribution in [0.1, 0.15) is 67.3 Å². The predicted octanol–water partition coefficient (Wildman–Crippen LogP) is 6.24. The van der Waals surface area contributed by atoms with Crippen LogP contribution in [0, 0.1) is 5.92 Å². The van der Waals surface area contributed by atoms with Gasteiger partial charge in [0.25, 0.3) is 5.91 Å². The summed E-state index contributed by atoms with van der Waals surface area (Å²) in [7, 11) is 0. The van der Waals surface area contributed by atoms with E-state index in [1.807, 2.05) is 19.1 Å². The first kappa shape index (κ1) is 24.0. The number of hydrogen-bond acceptors (Lipinski definition) is 4. The van der Waals surface area contributed by atoms with Gasteiger partial charge < -0.3 is 9.73 Å². The first-order valence-electron chi connectivity index (χ1n) is 11.2. The van der Waals surface area contributed by atoms with Crippen LogP contribution in [-0.4, -0.2) is 17.5 Å². The number of carbonyl (C=O) groups excluding carboxylic acids is 2. The Morgan fingerprint density at radius 3 is 2.26 bits per heavy atom. The molecule has 0 bridgehead atoms. The molecular formula is C27H28BrN3O3. The molecule has 2 aromatic carbocycles. The van der Waals surface area contributed by atoms with Crippen molar-refractivity contribution in [3.63, 3.8) is 0 Å². The predicted molar refractivity (Wildman–Crippen MR) is 137 cm³/mol. The average Bonchev–Trinajstić information content (AvgIpc) is 3.50. The van der Waals surface area contributed by atoms with E-state index >= 15 is 0 Å². The molecule has 3 aromatic rings. The summed E-state index contributed by atoms with van der Waals surface area (Å²) in [6.07, 6.45) is 0.843. The Balaban J connectivity index is 1.31. The van der Waals surface area contributed by atoms with Crippen LogP contribution in [0.3, 0.4) is 0 Å². The summed E-state index contributed by atoms with van der Waals surface area (Å²) in [5, 5.41) is 7.06. The number of hydrogen-bond donors (Lipinski definition) is 2. The second-order valence-corrected chi connectivity index (χ2v) is 10.4. The zero-order valence-electron chi connectivity index (χ0n) is 19.7. The molecule has 7 heteroatoms. The van der Waals surface area contributed by atoms with E-state index in [2.05, 4.69) is 76.8 Å². The molecule has 6 nitrogen and oxygen atoms in total. The molecule has 0 saturated heterocycles. The molecule has 1 aromatic heterocycles. The number of halogens is 1. The minimum atomic E-state index is -0.330. The lowest BCUT2D eigenvalue weighted by Gasteiger charge is -2.19. The Hall–Kier alpha value is -3.19. The van der Waals surface area contributed by atoms with Crippen molar-refractivity contribution in [2.45, 2.75) is 45.4 Å². The van der Waals surface area contributed by atoms with Gasteiger partial charge in [0.15, 0.2) is 10.4 Å². The molecule has 34 heavy (non-hydrogen) atoms. The van der Waals surface area contributed by atoms with Crippen LogP contribution in [0.15, 0.2) is 74.9 Å². The van der Waals surface area contributed by atoms with Crippen LogP contribution < -0.4 is 10.7 Å². The number of furan rings is 1. The summed E-state index contributed by atoms with van der Waals surface area (Å²) in [5.74, 6) is 0.0410. The van der Waals surface area contributed by atoms with Gasteiger partial charge in [-0.2, -0.15) is 5.10 Å². The molecule has 2 atom stereocenters. The standard InChI is InChI=1S/C27H28BrN3O3/c1-16(17-7-11-20(12-8-17)29-26(33)23-13-14-24(28)34-23)30-31-25(32)22-15-21(22)18-5-9-19(10-6-18)27(2,3)4/h5-14,21-22H,15H2,1-4H3,(H,29,33)(H,31,32). The van der Waals surface area contributed by atoms with E-state index in [1.165, 1.54) is 11.1 Å². The third-order valence-electron chi connectivity index (χ3n) is 6.02. The van der Waals surface area contributed by atoms with Crippen LogP contribution in [-0.2, 0) is 10.2 Å². The fraction of sp³-hybridized carbons (Fsp3) is 0.296. The van der Waals surface area contributed by atoms with Crippen LogP contribution >= 0.6 is 15.9 Å². The maximum Gasteiger partial charge on any atom is 0.291 e. The summed E-state index contributed by atoms with van der Waals surface area (Å²) < 4.78 is 5.76. The molecule has 0 spiro atoms. The topological polar surface area (TPSA) is 83.7 Å². The number of nitrogens with one attached hydrogen (secondary N) is 2. The summed E-state index contributed by atoms with van der Waals surface area (Å²) in [5.41, 5.74) is 7.49. The number of anilines is 1. The van der Waals surface area contributed by atoms with E-state index in [1.54, 1.807) is 24.3 Å². The van der Waals surface area contributed by atoms with Gasteiger partial charge in [0.2, 0.25) is 5.91 Å². The Bertz CT molecular complexity index is 1220. The maximum absolute atomic E-state index is 12.6. The normalized spacial score (nSPS) is 17.9. The minimum Gasteiger partial charge on any atom is -0.444 e. The number of carbonyl (C=O) groups is 2. The lowest BCUT2D eigenvalue weighted by molar-refractivity contribution is -0.122. The highest BCUT2D eigenvalue weighted by Gasteiger charge is 2.44. The molecule has 2 unspecified atom stereocenters. The molecule has 1 aliphatic rings. The highest BCUT2D eigenvalue weighted by Crippen LogP contribution is 2.47. The minimum absolute atomic E-state index is 0.0451.